The fourth-order valence-electron chi connectivity index (χ4n) is 2.13. The molecule has 0 aromatic rings. The van der Waals surface area contributed by atoms with Crippen LogP contribution in [0.2, 0.25) is 0 Å². The van der Waals surface area contributed by atoms with Crippen molar-refractivity contribution in [1.82, 2.24) is 0 Å². The maximum Gasteiger partial charge on any atom is 0.217 e. The van der Waals surface area contributed by atoms with E-state index in [-0.39, 0.29) is 24.0 Å². The topological polar surface area (TPSA) is 86.2 Å². The van der Waals surface area contributed by atoms with Gasteiger partial charge in [-0.15, -0.1) is 0 Å². The van der Waals surface area contributed by atoms with E-state index in [9.17, 15) is 9.59 Å². The molecule has 1 aliphatic rings. The standard InChI is InChI=1S/C11H20N2O2/c12-9(6-7-10(13)14)11(15)8-4-2-1-3-5-8/h8-9H,1-7,12H2,(H2,13,14)/t9-/m0/s1. The van der Waals surface area contributed by atoms with Crippen molar-refractivity contribution in [3.63, 3.8) is 0 Å². The Hall–Kier alpha value is -0.900. The molecule has 0 spiro atoms. The molecule has 0 aromatic carbocycles. The van der Waals surface area contributed by atoms with Crippen LogP contribution in [0.5, 0.6) is 0 Å². The molecular weight excluding hydrogens is 192 g/mol. The Morgan fingerprint density at radius 3 is 2.33 bits per heavy atom. The van der Waals surface area contributed by atoms with Crippen LogP contribution in [0.25, 0.3) is 0 Å². The van der Waals surface area contributed by atoms with Crippen LogP contribution in [0.4, 0.5) is 0 Å². The second-order valence-corrected chi connectivity index (χ2v) is 4.35. The number of primary amides is 1. The molecule has 0 heterocycles. The molecule has 1 atom stereocenters. The van der Waals surface area contributed by atoms with Gasteiger partial charge in [0, 0.05) is 12.3 Å². The van der Waals surface area contributed by atoms with Crippen molar-refractivity contribution in [1.29, 1.82) is 0 Å². The Bertz CT molecular complexity index is 235. The number of rotatable bonds is 5. The number of nitrogens with two attached hydrogens (primary N) is 2. The van der Waals surface area contributed by atoms with E-state index in [0.717, 1.165) is 25.7 Å². The second-order valence-electron chi connectivity index (χ2n) is 4.35. The Morgan fingerprint density at radius 1 is 1.20 bits per heavy atom. The highest BCUT2D eigenvalue weighted by Gasteiger charge is 2.25. The van der Waals surface area contributed by atoms with Crippen LogP contribution in [0.1, 0.15) is 44.9 Å². The highest BCUT2D eigenvalue weighted by molar-refractivity contribution is 5.86. The molecule has 1 rings (SSSR count). The first-order valence-electron chi connectivity index (χ1n) is 5.69. The van der Waals surface area contributed by atoms with Gasteiger partial charge in [-0.2, -0.15) is 0 Å². The number of Topliss-reactive ketones (excluding diaryl/α,β-unsaturated/α-hetero) is 1. The molecule has 0 unspecified atom stereocenters. The molecule has 15 heavy (non-hydrogen) atoms. The monoisotopic (exact) mass is 212 g/mol. The lowest BCUT2D eigenvalue weighted by Crippen LogP contribution is -2.37. The summed E-state index contributed by atoms with van der Waals surface area (Å²) in [6.07, 6.45) is 5.99. The molecule has 0 radical (unpaired) electrons. The van der Waals surface area contributed by atoms with E-state index in [2.05, 4.69) is 0 Å². The van der Waals surface area contributed by atoms with Gasteiger partial charge in [-0.05, 0) is 19.3 Å². The smallest absolute Gasteiger partial charge is 0.217 e. The lowest BCUT2D eigenvalue weighted by Gasteiger charge is -2.23. The van der Waals surface area contributed by atoms with E-state index in [1.807, 2.05) is 0 Å². The summed E-state index contributed by atoms with van der Waals surface area (Å²) >= 11 is 0. The number of carbonyl (C=O) groups excluding carboxylic acids is 2. The summed E-state index contributed by atoms with van der Waals surface area (Å²) in [6, 6.07) is -0.499. The average molecular weight is 212 g/mol. The van der Waals surface area contributed by atoms with Gasteiger partial charge in [-0.3, -0.25) is 9.59 Å². The largest absolute Gasteiger partial charge is 0.370 e. The number of ketones is 1. The fraction of sp³-hybridized carbons (Fsp3) is 0.818. The normalized spacial score (nSPS) is 19.8. The zero-order valence-electron chi connectivity index (χ0n) is 9.08. The number of carbonyl (C=O) groups is 2. The molecule has 1 fully saturated rings. The minimum absolute atomic E-state index is 0.121. The lowest BCUT2D eigenvalue weighted by atomic mass is 9.83. The van der Waals surface area contributed by atoms with Crippen LogP contribution in [-0.4, -0.2) is 17.7 Å². The van der Waals surface area contributed by atoms with Crippen molar-refractivity contribution in [3.8, 4) is 0 Å². The SMILES string of the molecule is NC(=O)CC[C@H](N)C(=O)C1CCCCC1. The Kier molecular flexibility index (Phi) is 4.75. The van der Waals surface area contributed by atoms with E-state index < -0.39 is 6.04 Å². The Balaban J connectivity index is 2.33. The fourth-order valence-corrected chi connectivity index (χ4v) is 2.13. The Morgan fingerprint density at radius 2 is 1.80 bits per heavy atom. The summed E-state index contributed by atoms with van der Waals surface area (Å²) in [4.78, 5) is 22.4. The van der Waals surface area contributed by atoms with Gasteiger partial charge in [-0.25, -0.2) is 0 Å². The molecule has 0 aliphatic heterocycles. The average Bonchev–Trinajstić information content (AvgIpc) is 2.26. The third-order valence-corrected chi connectivity index (χ3v) is 3.07. The third-order valence-electron chi connectivity index (χ3n) is 3.07. The molecule has 1 amide bonds. The van der Waals surface area contributed by atoms with Crippen LogP contribution in [0.15, 0.2) is 0 Å². The van der Waals surface area contributed by atoms with E-state index in [0.29, 0.717) is 6.42 Å². The number of hydrogen-bond acceptors (Lipinski definition) is 3. The van der Waals surface area contributed by atoms with Gasteiger partial charge in [0.05, 0.1) is 6.04 Å². The summed E-state index contributed by atoms with van der Waals surface area (Å²) in [5.41, 5.74) is 10.8. The predicted octanol–water partition coefficient (Wildman–Crippen LogP) is 0.729. The number of amides is 1. The highest BCUT2D eigenvalue weighted by Crippen LogP contribution is 2.25. The van der Waals surface area contributed by atoms with Crippen molar-refractivity contribution in [2.75, 3.05) is 0 Å². The summed E-state index contributed by atoms with van der Waals surface area (Å²) < 4.78 is 0. The van der Waals surface area contributed by atoms with Crippen molar-refractivity contribution in [2.24, 2.45) is 17.4 Å². The zero-order valence-corrected chi connectivity index (χ0v) is 9.08. The van der Waals surface area contributed by atoms with Crippen molar-refractivity contribution < 1.29 is 9.59 Å². The summed E-state index contributed by atoms with van der Waals surface area (Å²) in [5, 5.41) is 0. The molecule has 1 aliphatic carbocycles. The predicted molar refractivity (Wildman–Crippen MR) is 58.0 cm³/mol. The first kappa shape index (κ1) is 12.2. The van der Waals surface area contributed by atoms with E-state index in [4.69, 9.17) is 11.5 Å². The van der Waals surface area contributed by atoms with Crippen LogP contribution in [0.3, 0.4) is 0 Å². The molecule has 0 bridgehead atoms. The molecule has 0 saturated heterocycles. The van der Waals surface area contributed by atoms with E-state index in [1.54, 1.807) is 0 Å². The van der Waals surface area contributed by atoms with E-state index >= 15 is 0 Å². The summed E-state index contributed by atoms with van der Waals surface area (Å²) in [7, 11) is 0. The van der Waals surface area contributed by atoms with Gasteiger partial charge in [0.2, 0.25) is 5.91 Å². The maximum absolute atomic E-state index is 11.8. The van der Waals surface area contributed by atoms with Gasteiger partial charge in [0.15, 0.2) is 5.78 Å². The molecule has 4 N–H and O–H groups in total. The molecule has 0 aromatic heterocycles. The zero-order chi connectivity index (χ0) is 11.3. The van der Waals surface area contributed by atoms with Gasteiger partial charge in [0.1, 0.15) is 0 Å². The van der Waals surface area contributed by atoms with Crippen LogP contribution in [-0.2, 0) is 9.59 Å². The van der Waals surface area contributed by atoms with Gasteiger partial charge in [0.25, 0.3) is 0 Å². The molecule has 4 heteroatoms. The van der Waals surface area contributed by atoms with Crippen molar-refractivity contribution >= 4 is 11.7 Å². The van der Waals surface area contributed by atoms with Gasteiger partial charge >= 0.3 is 0 Å². The van der Waals surface area contributed by atoms with Gasteiger partial charge in [-0.1, -0.05) is 19.3 Å². The summed E-state index contributed by atoms with van der Waals surface area (Å²) in [6.45, 7) is 0. The maximum atomic E-state index is 11.8. The lowest BCUT2D eigenvalue weighted by molar-refractivity contribution is -0.125. The molecule has 1 saturated carbocycles. The number of hydrogen-bond donors (Lipinski definition) is 2. The second kappa shape index (κ2) is 5.85. The van der Waals surface area contributed by atoms with Crippen LogP contribution < -0.4 is 11.5 Å². The molecule has 4 nitrogen and oxygen atoms in total. The quantitative estimate of drug-likeness (QED) is 0.704. The third kappa shape index (κ3) is 4.00. The van der Waals surface area contributed by atoms with Crippen molar-refractivity contribution in [2.45, 2.75) is 51.0 Å². The first-order valence-corrected chi connectivity index (χ1v) is 5.69. The van der Waals surface area contributed by atoms with Gasteiger partial charge < -0.3 is 11.5 Å². The van der Waals surface area contributed by atoms with Crippen LogP contribution >= 0.6 is 0 Å². The van der Waals surface area contributed by atoms with Crippen LogP contribution in [0, 0.1) is 5.92 Å². The molecular formula is C11H20N2O2. The molecule has 86 valence electrons. The van der Waals surface area contributed by atoms with E-state index in [1.165, 1.54) is 6.42 Å². The first-order chi connectivity index (χ1) is 7.11. The van der Waals surface area contributed by atoms with Crippen molar-refractivity contribution in [3.05, 3.63) is 0 Å². The summed E-state index contributed by atoms with van der Waals surface area (Å²) in [5.74, 6) is -0.139. The minimum atomic E-state index is -0.499. The Labute approximate surface area is 90.4 Å². The minimum Gasteiger partial charge on any atom is -0.370 e. The highest BCUT2D eigenvalue weighted by atomic mass is 16.1.